The van der Waals surface area contributed by atoms with Crippen molar-refractivity contribution in [1.29, 1.82) is 0 Å². The highest BCUT2D eigenvalue weighted by Crippen LogP contribution is 2.24. The fraction of sp³-hybridized carbons (Fsp3) is 0.533. The predicted octanol–water partition coefficient (Wildman–Crippen LogP) is 1.42. The van der Waals surface area contributed by atoms with Crippen molar-refractivity contribution >= 4 is 33.8 Å². The van der Waals surface area contributed by atoms with Gasteiger partial charge in [-0.25, -0.2) is 4.52 Å². The number of fused-ring (bicyclic) bond motifs is 1. The second-order valence-electron chi connectivity index (χ2n) is 5.30. The van der Waals surface area contributed by atoms with Crippen molar-refractivity contribution in [2.45, 2.75) is 19.3 Å². The third-order valence-corrected chi connectivity index (χ3v) is 4.31. The second-order valence-corrected chi connectivity index (χ2v) is 6.38. The number of nitrogens with one attached hydrogen (secondary N) is 1. The number of alkyl halides is 1. The number of ether oxygens (including phenoxy) is 1. The summed E-state index contributed by atoms with van der Waals surface area (Å²) in [5.74, 6) is 0.541. The summed E-state index contributed by atoms with van der Waals surface area (Å²) in [6.07, 6.45) is 5.80. The number of rotatable bonds is 9. The molecule has 0 saturated carbocycles. The average molecular weight is 403 g/mol. The van der Waals surface area contributed by atoms with E-state index >= 15 is 0 Å². The summed E-state index contributed by atoms with van der Waals surface area (Å²) in [5, 5.41) is 4.35. The Bertz CT molecular complexity index is 558. The fourth-order valence-electron chi connectivity index (χ4n) is 2.25. The molecule has 0 radical (unpaired) electrons. The maximum absolute atomic E-state index is 6.05. The summed E-state index contributed by atoms with van der Waals surface area (Å²) in [4.78, 5) is 1.49. The lowest BCUT2D eigenvalue weighted by Crippen LogP contribution is -3.09. The molecule has 3 N–H and O–H groups in total. The van der Waals surface area contributed by atoms with Crippen molar-refractivity contribution in [2.24, 2.45) is 0 Å². The van der Waals surface area contributed by atoms with Crippen LogP contribution in [-0.2, 0) is 0 Å². The van der Waals surface area contributed by atoms with Crippen molar-refractivity contribution in [3.05, 3.63) is 24.4 Å². The van der Waals surface area contributed by atoms with Crippen LogP contribution in [0, 0.1) is 0 Å². The first-order valence-electron chi connectivity index (χ1n) is 7.45. The molecule has 0 fully saturated rings. The average Bonchev–Trinajstić information content (AvgIpc) is 2.81. The summed E-state index contributed by atoms with van der Waals surface area (Å²) in [5.41, 5.74) is 7.57. The van der Waals surface area contributed by atoms with Crippen LogP contribution in [0.3, 0.4) is 0 Å². The van der Waals surface area contributed by atoms with Gasteiger partial charge in [-0.15, -0.1) is 5.10 Å². The highest BCUT2D eigenvalue weighted by Gasteiger charge is 2.11. The highest BCUT2D eigenvalue weighted by molar-refractivity contribution is 14.1. The highest BCUT2D eigenvalue weighted by atomic mass is 127. The Morgan fingerprint density at radius 1 is 1.29 bits per heavy atom. The minimum Gasteiger partial charge on any atom is -0.469 e. The number of quaternary nitrogens is 1. The van der Waals surface area contributed by atoms with Crippen LogP contribution >= 0.6 is 22.6 Å². The Labute approximate surface area is 139 Å². The van der Waals surface area contributed by atoms with Crippen LogP contribution in [0.4, 0.5) is 5.69 Å². The van der Waals surface area contributed by atoms with Gasteiger partial charge in [-0.1, -0.05) is 28.7 Å². The zero-order valence-electron chi connectivity index (χ0n) is 12.5. The number of nitrogens with two attached hydrogens (primary N) is 1. The third-order valence-electron chi connectivity index (χ3n) is 3.55. The zero-order chi connectivity index (χ0) is 15.1. The molecular weight excluding hydrogens is 379 g/mol. The number of pyridine rings is 1. The molecule has 2 aromatic heterocycles. The molecule has 116 valence electrons. The lowest BCUT2D eigenvalue weighted by molar-refractivity contribution is -0.879. The molecule has 0 aliphatic rings. The standard InChI is InChI=1S/C15H23IN4O/c1-19(9-5-2-4-8-16)11-12-21-15-14(17)13-7-3-6-10-20(13)18-15/h3,6-7,10H,2,4-5,8-9,11-12,17H2,1H3/p+1. The van der Waals surface area contributed by atoms with Crippen LogP contribution in [0.15, 0.2) is 24.4 Å². The molecule has 6 heteroatoms. The summed E-state index contributed by atoms with van der Waals surface area (Å²) in [7, 11) is 2.21. The third kappa shape index (κ3) is 4.74. The van der Waals surface area contributed by atoms with Crippen molar-refractivity contribution < 1.29 is 9.64 Å². The topological polar surface area (TPSA) is 57.0 Å². The maximum atomic E-state index is 6.05. The molecule has 0 amide bonds. The van der Waals surface area contributed by atoms with Gasteiger partial charge in [0.2, 0.25) is 0 Å². The predicted molar refractivity (Wildman–Crippen MR) is 94.5 cm³/mol. The van der Waals surface area contributed by atoms with E-state index in [0.29, 0.717) is 18.2 Å². The molecule has 21 heavy (non-hydrogen) atoms. The monoisotopic (exact) mass is 403 g/mol. The molecule has 0 spiro atoms. The first-order chi connectivity index (χ1) is 10.2. The lowest BCUT2D eigenvalue weighted by atomic mass is 10.2. The molecule has 0 aliphatic carbocycles. The molecular formula is C15H24IN4O+. The van der Waals surface area contributed by atoms with Gasteiger partial charge >= 0.3 is 0 Å². The number of hydrogen-bond donors (Lipinski definition) is 2. The zero-order valence-corrected chi connectivity index (χ0v) is 14.7. The SMILES string of the molecule is C[NH+](CCCCCI)CCOc1nn2ccccc2c1N. The molecule has 2 aromatic rings. The molecule has 0 bridgehead atoms. The molecule has 0 aliphatic heterocycles. The Kier molecular flexibility index (Phi) is 6.56. The number of nitrogens with zero attached hydrogens (tertiary/aromatic N) is 2. The number of aromatic nitrogens is 2. The number of unbranched alkanes of at least 4 members (excludes halogenated alkanes) is 2. The Morgan fingerprint density at radius 3 is 2.90 bits per heavy atom. The van der Waals surface area contributed by atoms with Crippen LogP contribution in [0.5, 0.6) is 5.88 Å². The largest absolute Gasteiger partial charge is 0.469 e. The van der Waals surface area contributed by atoms with Gasteiger partial charge in [0.25, 0.3) is 5.88 Å². The van der Waals surface area contributed by atoms with Crippen LogP contribution in [0.25, 0.3) is 5.52 Å². The lowest BCUT2D eigenvalue weighted by Gasteiger charge is -2.13. The van der Waals surface area contributed by atoms with Gasteiger partial charge in [-0.05, 0) is 35.8 Å². The summed E-state index contributed by atoms with van der Waals surface area (Å²) < 4.78 is 8.75. The summed E-state index contributed by atoms with van der Waals surface area (Å²) in [6.45, 7) is 2.81. The van der Waals surface area contributed by atoms with E-state index in [-0.39, 0.29) is 0 Å². The number of nitrogen functional groups attached to an aromatic ring is 1. The number of anilines is 1. The first-order valence-corrected chi connectivity index (χ1v) is 8.98. The number of likely N-dealkylation sites (N-methyl/N-ethyl adjacent to an activating group) is 1. The normalized spacial score (nSPS) is 12.7. The molecule has 2 heterocycles. The first kappa shape index (κ1) is 16.4. The van der Waals surface area contributed by atoms with Gasteiger partial charge in [0.15, 0.2) is 0 Å². The van der Waals surface area contributed by atoms with E-state index in [1.807, 2.05) is 24.4 Å². The Balaban J connectivity index is 1.76. The minimum atomic E-state index is 0.541. The van der Waals surface area contributed by atoms with Crippen LogP contribution in [-0.4, -0.2) is 40.8 Å². The van der Waals surface area contributed by atoms with E-state index in [2.05, 4.69) is 34.7 Å². The molecule has 1 unspecified atom stereocenters. The Hall–Kier alpha value is -1.02. The van der Waals surface area contributed by atoms with Crippen molar-refractivity contribution in [1.82, 2.24) is 9.61 Å². The summed E-state index contributed by atoms with van der Waals surface area (Å²) >= 11 is 2.43. The molecule has 1 atom stereocenters. The smallest absolute Gasteiger partial charge is 0.257 e. The van der Waals surface area contributed by atoms with Crippen LogP contribution in [0.2, 0.25) is 0 Å². The van der Waals surface area contributed by atoms with E-state index in [0.717, 1.165) is 12.1 Å². The number of halogens is 1. The maximum Gasteiger partial charge on any atom is 0.257 e. The van der Waals surface area contributed by atoms with Crippen molar-refractivity contribution in [2.75, 3.05) is 36.9 Å². The molecule has 5 nitrogen and oxygen atoms in total. The fourth-order valence-corrected chi connectivity index (χ4v) is 2.79. The van der Waals surface area contributed by atoms with Gasteiger partial charge < -0.3 is 15.4 Å². The number of hydrogen-bond acceptors (Lipinski definition) is 3. The minimum absolute atomic E-state index is 0.541. The van der Waals surface area contributed by atoms with E-state index < -0.39 is 0 Å². The second kappa shape index (κ2) is 8.43. The Morgan fingerprint density at radius 2 is 2.14 bits per heavy atom. The molecule has 0 aromatic carbocycles. The van der Waals surface area contributed by atoms with E-state index in [4.69, 9.17) is 10.5 Å². The summed E-state index contributed by atoms with van der Waals surface area (Å²) in [6, 6.07) is 5.82. The molecule has 0 saturated heterocycles. The van der Waals surface area contributed by atoms with E-state index in [9.17, 15) is 0 Å². The van der Waals surface area contributed by atoms with Crippen LogP contribution in [0.1, 0.15) is 19.3 Å². The van der Waals surface area contributed by atoms with E-state index in [1.54, 1.807) is 4.52 Å². The van der Waals surface area contributed by atoms with Gasteiger partial charge in [0.05, 0.1) is 19.1 Å². The van der Waals surface area contributed by atoms with Crippen molar-refractivity contribution in [3.8, 4) is 5.88 Å². The van der Waals surface area contributed by atoms with E-state index in [1.165, 1.54) is 35.1 Å². The molecule has 2 rings (SSSR count). The van der Waals surface area contributed by atoms with Crippen LogP contribution < -0.4 is 15.4 Å². The quantitative estimate of drug-likeness (QED) is 0.378. The van der Waals surface area contributed by atoms with Gasteiger partial charge in [0.1, 0.15) is 18.8 Å². The van der Waals surface area contributed by atoms with Crippen molar-refractivity contribution in [3.63, 3.8) is 0 Å². The van der Waals surface area contributed by atoms with Gasteiger partial charge in [-0.2, -0.15) is 0 Å². The van der Waals surface area contributed by atoms with Gasteiger partial charge in [-0.3, -0.25) is 0 Å². The van der Waals surface area contributed by atoms with Gasteiger partial charge in [0, 0.05) is 6.20 Å².